The number of cyclic esters (lactones) is 1. The van der Waals surface area contributed by atoms with Gasteiger partial charge in [0.05, 0.1) is 0 Å². The van der Waals surface area contributed by atoms with Crippen LogP contribution in [0, 0.1) is 5.92 Å². The molecule has 5 rings (SSSR count). The van der Waals surface area contributed by atoms with E-state index in [1.54, 1.807) is 23.1 Å². The Labute approximate surface area is 232 Å². The zero-order valence-electron chi connectivity index (χ0n) is 22.5. The van der Waals surface area contributed by atoms with E-state index >= 15 is 4.20 Å². The summed E-state index contributed by atoms with van der Waals surface area (Å²) in [6.07, 6.45) is 3.06. The first-order valence-corrected chi connectivity index (χ1v) is 16.2. The molecule has 0 aliphatic carbocycles. The minimum absolute atomic E-state index is 0.0130. The van der Waals surface area contributed by atoms with Gasteiger partial charge in [-0.1, -0.05) is 0 Å². The van der Waals surface area contributed by atoms with Crippen LogP contribution < -0.4 is 4.90 Å². The molecular formula is C29H34F2N3O5P. The van der Waals surface area contributed by atoms with Gasteiger partial charge in [-0.15, -0.1) is 0 Å². The van der Waals surface area contributed by atoms with E-state index in [9.17, 15) is 19.1 Å². The third-order valence-electron chi connectivity index (χ3n) is 7.88. The Bertz CT molecular complexity index is 1380. The number of nitrogens with zero attached hydrogens (tertiary/aromatic N) is 3. The predicted octanol–water partition coefficient (Wildman–Crippen LogP) is 5.65. The average Bonchev–Trinajstić information content (AvgIpc) is 3.04. The number of aromatic nitrogens is 1. The van der Waals surface area contributed by atoms with Gasteiger partial charge in [-0.2, -0.15) is 0 Å². The number of aliphatic carboxylic acids is 1. The van der Waals surface area contributed by atoms with Gasteiger partial charge < -0.3 is 5.11 Å². The van der Waals surface area contributed by atoms with E-state index in [1.165, 1.54) is 18.8 Å². The molecule has 3 atom stereocenters. The molecule has 1 amide bonds. The van der Waals surface area contributed by atoms with Crippen LogP contribution in [0.4, 0.5) is 19.2 Å². The fourth-order valence-corrected chi connectivity index (χ4v) is 7.67. The van der Waals surface area contributed by atoms with E-state index < -0.39 is 43.5 Å². The van der Waals surface area contributed by atoms with E-state index in [0.29, 0.717) is 23.2 Å². The van der Waals surface area contributed by atoms with Gasteiger partial charge in [0.1, 0.15) is 0 Å². The number of carboxylic acids is 1. The molecule has 2 aromatic rings. The summed E-state index contributed by atoms with van der Waals surface area (Å²) in [4.78, 5) is 32.8. The molecule has 8 nitrogen and oxygen atoms in total. The number of amides is 1. The van der Waals surface area contributed by atoms with Gasteiger partial charge in [0.2, 0.25) is 0 Å². The van der Waals surface area contributed by atoms with Crippen LogP contribution in [0.3, 0.4) is 0 Å². The van der Waals surface area contributed by atoms with Crippen molar-refractivity contribution in [3.63, 3.8) is 0 Å². The van der Waals surface area contributed by atoms with Crippen molar-refractivity contribution in [2.24, 2.45) is 5.92 Å². The molecule has 3 aliphatic rings. The molecule has 0 radical (unpaired) electrons. The summed E-state index contributed by atoms with van der Waals surface area (Å²) in [6.45, 7) is 5.10. The van der Waals surface area contributed by atoms with Gasteiger partial charge in [-0.3, -0.25) is 4.79 Å². The Morgan fingerprint density at radius 3 is 2.70 bits per heavy atom. The summed E-state index contributed by atoms with van der Waals surface area (Å²) in [5.41, 5.74) is 2.41. The van der Waals surface area contributed by atoms with Gasteiger partial charge >= 0.3 is 216 Å². The van der Waals surface area contributed by atoms with Crippen LogP contribution in [-0.2, 0) is 22.5 Å². The number of rotatable bonds is 8. The van der Waals surface area contributed by atoms with Crippen LogP contribution >= 0.6 is 7.57 Å². The number of halogens is 2. The summed E-state index contributed by atoms with van der Waals surface area (Å²) in [6, 6.07) is 8.27. The van der Waals surface area contributed by atoms with E-state index in [4.69, 9.17) is 14.8 Å². The van der Waals surface area contributed by atoms with E-state index in [1.807, 2.05) is 19.1 Å². The molecule has 2 saturated heterocycles. The summed E-state index contributed by atoms with van der Waals surface area (Å²) >= 11 is 0. The van der Waals surface area contributed by atoms with E-state index in [-0.39, 0.29) is 24.9 Å². The van der Waals surface area contributed by atoms with Gasteiger partial charge in [-0.05, 0) is 0 Å². The fourth-order valence-electron chi connectivity index (χ4n) is 5.59. The summed E-state index contributed by atoms with van der Waals surface area (Å²) in [5.74, 6) is -0.128. The van der Waals surface area contributed by atoms with Crippen LogP contribution in [0.15, 0.2) is 54.1 Å². The third-order valence-corrected chi connectivity index (χ3v) is 10.0. The summed E-state index contributed by atoms with van der Waals surface area (Å²) < 4.78 is 34.8. The van der Waals surface area contributed by atoms with Crippen LogP contribution in [0.2, 0.25) is 0 Å². The number of carbonyl (C=O) groups excluding carboxylic acids is 1. The summed E-state index contributed by atoms with van der Waals surface area (Å²) in [7, 11) is -3.47. The molecule has 2 N–H and O–H groups in total. The molecule has 1 aromatic carbocycles. The Morgan fingerprint density at radius 1 is 1.23 bits per heavy atom. The molecule has 0 spiro atoms. The van der Waals surface area contributed by atoms with Crippen molar-refractivity contribution in [2.75, 3.05) is 30.8 Å². The maximum atomic E-state index is 15.1. The second-order valence-electron chi connectivity index (χ2n) is 11.0. The first-order chi connectivity index (χ1) is 19.0. The molecule has 3 aliphatic heterocycles. The molecule has 214 valence electrons. The normalized spacial score (nSPS) is 24.6. The Morgan fingerprint density at radius 2 is 2.00 bits per heavy atom. The number of aryl methyl sites for hydroxylation is 1. The SMILES string of the molecule is C[C@H]1C(C2C=CC(F)=C[PH](C)(F)C2)OC(=O)N1Cc1nc(N2CCC2)ccc1-c1cc(CCC(=O)O)ccc1O. The second kappa shape index (κ2) is 11.2. The van der Waals surface area contributed by atoms with Crippen molar-refractivity contribution in [1.82, 2.24) is 9.88 Å². The first kappa shape index (κ1) is 28.0. The van der Waals surface area contributed by atoms with Crippen molar-refractivity contribution in [1.29, 1.82) is 0 Å². The molecular weight excluding hydrogens is 539 g/mol. The first-order valence-electron chi connectivity index (χ1n) is 13.5. The average molecular weight is 574 g/mol. The van der Waals surface area contributed by atoms with Crippen LogP contribution in [0.5, 0.6) is 5.75 Å². The number of phenolic OH excluding ortho intramolecular Hbond substituents is 1. The topological polar surface area (TPSA) is 103 Å². The zero-order valence-corrected chi connectivity index (χ0v) is 23.5. The van der Waals surface area contributed by atoms with E-state index in [2.05, 4.69) is 4.90 Å². The number of hydrogen-bond acceptors (Lipinski definition) is 6. The zero-order chi connectivity index (χ0) is 28.6. The van der Waals surface area contributed by atoms with Crippen LogP contribution in [0.1, 0.15) is 31.0 Å². The third kappa shape index (κ3) is 5.97. The maximum absolute atomic E-state index is 15.1. The molecule has 2 fully saturated rings. The molecule has 11 heteroatoms. The molecule has 4 heterocycles. The molecule has 0 saturated carbocycles. The Kier molecular flexibility index (Phi) is 7.82. The monoisotopic (exact) mass is 573 g/mol. The summed E-state index contributed by atoms with van der Waals surface area (Å²) in [5, 5.41) is 19.9. The van der Waals surface area contributed by atoms with Crippen molar-refractivity contribution in [3.05, 3.63) is 65.4 Å². The van der Waals surface area contributed by atoms with Gasteiger partial charge in [-0.25, -0.2) is 0 Å². The molecule has 40 heavy (non-hydrogen) atoms. The second-order valence-corrected chi connectivity index (χ2v) is 14.3. The van der Waals surface area contributed by atoms with Gasteiger partial charge in [0.15, 0.2) is 0 Å². The quantitative estimate of drug-likeness (QED) is 0.394. The number of benzene rings is 1. The number of allylic oxidation sites excluding steroid dienone is 2. The molecule has 1 aromatic heterocycles. The van der Waals surface area contributed by atoms with E-state index in [0.717, 1.165) is 36.7 Å². The Hall–Kier alpha value is -3.52. The number of carbonyl (C=O) groups is 2. The van der Waals surface area contributed by atoms with Crippen LogP contribution in [0.25, 0.3) is 11.1 Å². The standard InChI is InChI=1S/C29H34F2N3O5P/c1-18-28(20-6-7-21(30)17-40(2,31)16-20)39-29(38)34(18)15-24-22(8-10-26(32-24)33-12-3-13-33)23-14-19(4-9-25(23)35)5-11-27(36)37/h4,6-10,14,17-18,20,28,35,40H,3,5,11-13,15-16H2,1-2H3,(H,36,37)/t18-,20?,28?/m0/s1. The van der Waals surface area contributed by atoms with Crippen LogP contribution in [-0.4, -0.2) is 70.2 Å². The van der Waals surface area contributed by atoms with Crippen molar-refractivity contribution in [2.45, 2.75) is 44.9 Å². The van der Waals surface area contributed by atoms with Crippen molar-refractivity contribution in [3.8, 4) is 16.9 Å². The number of hydrogen-bond donors (Lipinski definition) is 2. The van der Waals surface area contributed by atoms with Crippen molar-refractivity contribution < 1.29 is 33.1 Å². The minimum atomic E-state index is -3.47. The fraction of sp³-hybridized carbons (Fsp3) is 0.414. The predicted molar refractivity (Wildman–Crippen MR) is 151 cm³/mol. The molecule has 0 bridgehead atoms. The van der Waals surface area contributed by atoms with Gasteiger partial charge in [0, 0.05) is 6.42 Å². The van der Waals surface area contributed by atoms with Gasteiger partial charge in [0.25, 0.3) is 0 Å². The number of ether oxygens (including phenoxy) is 1. The number of aromatic hydroxyl groups is 1. The van der Waals surface area contributed by atoms with Crippen molar-refractivity contribution >= 4 is 25.5 Å². The Balaban J connectivity index is 1.46. The molecule has 2 unspecified atom stereocenters. The number of anilines is 1. The number of phenols is 1. The number of pyridine rings is 1. The number of carboxylic acid groups (broad SMARTS) is 1.